The van der Waals surface area contributed by atoms with Crippen LogP contribution in [0.2, 0.25) is 0 Å². The number of hydrogen-bond donors (Lipinski definition) is 3. The van der Waals surface area contributed by atoms with Crippen molar-refractivity contribution in [1.82, 2.24) is 30.1 Å². The lowest BCUT2D eigenvalue weighted by Crippen LogP contribution is -2.36. The summed E-state index contributed by atoms with van der Waals surface area (Å²) in [7, 11) is 1.62. The molecular formula is C22H28FN7O4. The Morgan fingerprint density at radius 3 is 2.94 bits per heavy atom. The molecule has 12 heteroatoms. The summed E-state index contributed by atoms with van der Waals surface area (Å²) in [5.41, 5.74) is 2.97. The number of carbonyl (C=O) groups is 1. The largest absolute Gasteiger partial charge is 0.441 e. The van der Waals surface area contributed by atoms with Crippen LogP contribution < -0.4 is 10.6 Å². The van der Waals surface area contributed by atoms with E-state index < -0.39 is 24.5 Å². The Labute approximate surface area is 195 Å². The van der Waals surface area contributed by atoms with Gasteiger partial charge in [0.05, 0.1) is 36.5 Å². The van der Waals surface area contributed by atoms with E-state index in [1.54, 1.807) is 31.5 Å². The van der Waals surface area contributed by atoms with Crippen LogP contribution in [0.1, 0.15) is 55.8 Å². The van der Waals surface area contributed by atoms with E-state index in [2.05, 4.69) is 25.9 Å². The zero-order valence-corrected chi connectivity index (χ0v) is 19.2. The Morgan fingerprint density at radius 1 is 1.38 bits per heavy atom. The number of hydrogen-bond acceptors (Lipinski definition) is 8. The minimum Gasteiger partial charge on any atom is -0.441 e. The van der Waals surface area contributed by atoms with Gasteiger partial charge in [0.1, 0.15) is 11.6 Å². The summed E-state index contributed by atoms with van der Waals surface area (Å²) in [6.45, 7) is 3.95. The second-order valence-electron chi connectivity index (χ2n) is 8.96. The van der Waals surface area contributed by atoms with E-state index in [1.165, 1.54) is 0 Å². The minimum atomic E-state index is -1.53. The molecule has 4 heterocycles. The predicted molar refractivity (Wildman–Crippen MR) is 120 cm³/mol. The average Bonchev–Trinajstić information content (AvgIpc) is 3.24. The first-order chi connectivity index (χ1) is 16.4. The fraction of sp³-hybridized carbons (Fsp3) is 0.545. The van der Waals surface area contributed by atoms with Crippen molar-refractivity contribution in [3.8, 4) is 0 Å². The van der Waals surface area contributed by atoms with E-state index in [4.69, 9.17) is 19.2 Å². The Kier molecular flexibility index (Phi) is 6.09. The number of alkyl carbamates (subject to hydrolysis) is 1. The molecule has 182 valence electrons. The SMILES string of the molecule is COCc1cc2c(Nc3cc([C@@H]4OC[C@H](OC(=O)NC(C)C)[C@@H]4F)[nH]n3)nc(C3CC3)cn2n1. The maximum absolute atomic E-state index is 15.0. The maximum atomic E-state index is 15.0. The van der Waals surface area contributed by atoms with Gasteiger partial charge in [0.2, 0.25) is 0 Å². The zero-order valence-electron chi connectivity index (χ0n) is 19.2. The first-order valence-corrected chi connectivity index (χ1v) is 11.3. The molecule has 3 N–H and O–H groups in total. The van der Waals surface area contributed by atoms with Crippen molar-refractivity contribution in [3.63, 3.8) is 0 Å². The van der Waals surface area contributed by atoms with E-state index in [-0.39, 0.29) is 12.6 Å². The Morgan fingerprint density at radius 2 is 2.21 bits per heavy atom. The first kappa shape index (κ1) is 22.5. The molecule has 2 fully saturated rings. The number of rotatable bonds is 8. The number of halogens is 1. The molecule has 3 aromatic rings. The van der Waals surface area contributed by atoms with Crippen LogP contribution in [-0.2, 0) is 20.8 Å². The van der Waals surface area contributed by atoms with E-state index in [9.17, 15) is 9.18 Å². The van der Waals surface area contributed by atoms with Crippen molar-refractivity contribution >= 4 is 23.2 Å². The first-order valence-electron chi connectivity index (χ1n) is 11.3. The van der Waals surface area contributed by atoms with Crippen molar-refractivity contribution in [2.75, 3.05) is 19.0 Å². The van der Waals surface area contributed by atoms with Gasteiger partial charge in [-0.25, -0.2) is 18.7 Å². The van der Waals surface area contributed by atoms with Crippen molar-refractivity contribution in [1.29, 1.82) is 0 Å². The van der Waals surface area contributed by atoms with Crippen molar-refractivity contribution < 1.29 is 23.4 Å². The van der Waals surface area contributed by atoms with Gasteiger partial charge in [0.25, 0.3) is 0 Å². The molecule has 0 radical (unpaired) electrons. The number of nitrogens with one attached hydrogen (secondary N) is 3. The van der Waals surface area contributed by atoms with Gasteiger partial charge in [-0.1, -0.05) is 0 Å². The van der Waals surface area contributed by atoms with E-state index in [1.807, 2.05) is 12.3 Å². The van der Waals surface area contributed by atoms with E-state index in [0.29, 0.717) is 29.9 Å². The van der Waals surface area contributed by atoms with Gasteiger partial charge in [-0.05, 0) is 32.8 Å². The molecule has 1 saturated carbocycles. The zero-order chi connectivity index (χ0) is 23.8. The smallest absolute Gasteiger partial charge is 0.407 e. The van der Waals surface area contributed by atoms with Gasteiger partial charge in [0, 0.05) is 25.1 Å². The lowest BCUT2D eigenvalue weighted by atomic mass is 10.1. The number of amides is 1. The monoisotopic (exact) mass is 473 g/mol. The molecule has 1 aliphatic heterocycles. The van der Waals surface area contributed by atoms with Crippen molar-refractivity contribution in [3.05, 3.63) is 35.4 Å². The Balaban J connectivity index is 1.32. The maximum Gasteiger partial charge on any atom is 0.407 e. The second-order valence-corrected chi connectivity index (χ2v) is 8.96. The van der Waals surface area contributed by atoms with Crippen LogP contribution in [0.25, 0.3) is 5.52 Å². The topological polar surface area (TPSA) is 128 Å². The standard InChI is InChI=1S/C22H28FN7O4/c1-11(2)24-22(31)34-17-10-33-20(19(17)23)14-7-18(28-27-14)26-21-16-6-13(9-32-3)29-30(16)8-15(25-21)12-4-5-12/h6-8,11-12,17,19-20H,4-5,9-10H2,1-3H3,(H,24,31)(H2,25,26,27,28)/t17-,19-,20-/m0/s1. The van der Waals surface area contributed by atoms with Crippen LogP contribution in [0.5, 0.6) is 0 Å². The van der Waals surface area contributed by atoms with Gasteiger partial charge in [-0.3, -0.25) is 5.10 Å². The summed E-state index contributed by atoms with van der Waals surface area (Å²) < 4.78 is 32.7. The number of fused-ring (bicyclic) bond motifs is 1. The van der Waals surface area contributed by atoms with Crippen LogP contribution in [0, 0.1) is 0 Å². The highest BCUT2D eigenvalue weighted by atomic mass is 19.1. The van der Waals surface area contributed by atoms with Gasteiger partial charge >= 0.3 is 6.09 Å². The lowest BCUT2D eigenvalue weighted by Gasteiger charge is -2.16. The number of aromatic nitrogens is 5. The van der Waals surface area contributed by atoms with Crippen LogP contribution in [0.15, 0.2) is 18.3 Å². The molecule has 3 aromatic heterocycles. The summed E-state index contributed by atoms with van der Waals surface area (Å²) in [5.74, 6) is 1.50. The minimum absolute atomic E-state index is 0.0388. The summed E-state index contributed by atoms with van der Waals surface area (Å²) >= 11 is 0. The summed E-state index contributed by atoms with van der Waals surface area (Å²) in [4.78, 5) is 16.6. The van der Waals surface area contributed by atoms with Gasteiger partial charge < -0.3 is 24.8 Å². The number of aromatic amines is 1. The fourth-order valence-electron chi connectivity index (χ4n) is 3.96. The van der Waals surface area contributed by atoms with E-state index >= 15 is 0 Å². The molecule has 5 rings (SSSR count). The number of carbonyl (C=O) groups excluding carboxylic acids is 1. The number of methoxy groups -OCH3 is 1. The third-order valence-corrected chi connectivity index (χ3v) is 5.71. The number of anilines is 2. The highest BCUT2D eigenvalue weighted by molar-refractivity contribution is 5.73. The van der Waals surface area contributed by atoms with Gasteiger partial charge in [-0.2, -0.15) is 10.2 Å². The predicted octanol–water partition coefficient (Wildman–Crippen LogP) is 3.13. The fourth-order valence-corrected chi connectivity index (χ4v) is 3.96. The quantitative estimate of drug-likeness (QED) is 0.455. The summed E-state index contributed by atoms with van der Waals surface area (Å²) in [5, 5.41) is 17.5. The molecule has 1 aliphatic carbocycles. The molecular weight excluding hydrogens is 445 g/mol. The summed E-state index contributed by atoms with van der Waals surface area (Å²) in [6, 6.07) is 3.47. The average molecular weight is 474 g/mol. The third kappa shape index (κ3) is 4.68. The number of alkyl halides is 1. The van der Waals surface area contributed by atoms with E-state index in [0.717, 1.165) is 29.7 Å². The third-order valence-electron chi connectivity index (χ3n) is 5.71. The molecule has 0 spiro atoms. The Hall–Kier alpha value is -3.25. The van der Waals surface area contributed by atoms with Crippen LogP contribution >= 0.6 is 0 Å². The van der Waals surface area contributed by atoms with Crippen LogP contribution in [0.4, 0.5) is 20.8 Å². The van der Waals surface area contributed by atoms with Crippen LogP contribution in [-0.4, -0.2) is 62.9 Å². The molecule has 0 aromatic carbocycles. The molecule has 0 unspecified atom stereocenters. The molecule has 34 heavy (non-hydrogen) atoms. The molecule has 0 bridgehead atoms. The number of H-pyrrole nitrogens is 1. The summed E-state index contributed by atoms with van der Waals surface area (Å²) in [6.07, 6.45) is 0.0415. The van der Waals surface area contributed by atoms with Gasteiger partial charge in [-0.15, -0.1) is 0 Å². The molecule has 1 saturated heterocycles. The van der Waals surface area contributed by atoms with Crippen LogP contribution in [0.3, 0.4) is 0 Å². The lowest BCUT2D eigenvalue weighted by molar-refractivity contribution is 0.0615. The normalized spacial score (nSPS) is 22.4. The van der Waals surface area contributed by atoms with Crippen molar-refractivity contribution in [2.45, 2.75) is 63.6 Å². The number of nitrogens with zero attached hydrogens (tertiary/aromatic N) is 4. The van der Waals surface area contributed by atoms with Gasteiger partial charge in [0.15, 0.2) is 23.9 Å². The second kappa shape index (κ2) is 9.18. The Bertz CT molecular complexity index is 1180. The highest BCUT2D eigenvalue weighted by Gasteiger charge is 2.42. The molecule has 3 atom stereocenters. The molecule has 1 amide bonds. The highest BCUT2D eigenvalue weighted by Crippen LogP contribution is 2.40. The molecule has 11 nitrogen and oxygen atoms in total. The molecule has 2 aliphatic rings. The number of ether oxygens (including phenoxy) is 3. The van der Waals surface area contributed by atoms with Crippen molar-refractivity contribution in [2.24, 2.45) is 0 Å².